The first-order chi connectivity index (χ1) is 6.33. The highest BCUT2D eigenvalue weighted by atomic mass is 16.3. The predicted molar refractivity (Wildman–Crippen MR) is 48.9 cm³/mol. The smallest absolute Gasteiger partial charge is 0.239 e. The quantitative estimate of drug-likeness (QED) is 0.675. The fraction of sp³-hybridized carbons (Fsp3) is 0. The van der Waals surface area contributed by atoms with E-state index in [2.05, 4.69) is 10.2 Å². The standard InChI is InChI=1S/C9H6N2O2/c12-8-7-4-2-1-3-6(7)5-10-9(8)11-13/h1-5,12H. The summed E-state index contributed by atoms with van der Waals surface area (Å²) in [6.45, 7) is 0. The van der Waals surface area contributed by atoms with Crippen LogP contribution in [-0.4, -0.2) is 10.1 Å². The molecule has 0 aliphatic carbocycles. The topological polar surface area (TPSA) is 62.5 Å². The molecule has 0 fully saturated rings. The lowest BCUT2D eigenvalue weighted by molar-refractivity contribution is 0.481. The van der Waals surface area contributed by atoms with Gasteiger partial charge in [-0.25, -0.2) is 4.98 Å². The highest BCUT2D eigenvalue weighted by molar-refractivity contribution is 5.90. The van der Waals surface area contributed by atoms with Crippen molar-refractivity contribution in [3.63, 3.8) is 0 Å². The molecule has 0 aliphatic heterocycles. The number of fused-ring (bicyclic) bond motifs is 1. The van der Waals surface area contributed by atoms with Crippen molar-refractivity contribution in [1.29, 1.82) is 0 Å². The predicted octanol–water partition coefficient (Wildman–Crippen LogP) is 2.34. The summed E-state index contributed by atoms with van der Waals surface area (Å²) in [5.41, 5.74) is 0. The van der Waals surface area contributed by atoms with E-state index in [9.17, 15) is 10.0 Å². The normalized spacial score (nSPS) is 10.2. The van der Waals surface area contributed by atoms with E-state index in [1.54, 1.807) is 18.2 Å². The van der Waals surface area contributed by atoms with E-state index in [4.69, 9.17) is 0 Å². The lowest BCUT2D eigenvalue weighted by atomic mass is 10.1. The number of nitroso groups, excluding NO2 is 1. The molecule has 0 radical (unpaired) electrons. The molecule has 0 unspecified atom stereocenters. The van der Waals surface area contributed by atoms with Gasteiger partial charge in [-0.3, -0.25) is 0 Å². The van der Waals surface area contributed by atoms with E-state index in [1.165, 1.54) is 6.20 Å². The van der Waals surface area contributed by atoms with Crippen LogP contribution in [0.5, 0.6) is 5.75 Å². The van der Waals surface area contributed by atoms with Crippen molar-refractivity contribution in [2.24, 2.45) is 5.18 Å². The van der Waals surface area contributed by atoms with Crippen LogP contribution in [-0.2, 0) is 0 Å². The van der Waals surface area contributed by atoms with Crippen molar-refractivity contribution in [1.82, 2.24) is 4.98 Å². The van der Waals surface area contributed by atoms with Gasteiger partial charge in [0.05, 0.1) is 0 Å². The Bertz CT molecular complexity index is 468. The number of hydrogen-bond donors (Lipinski definition) is 1. The highest BCUT2D eigenvalue weighted by Crippen LogP contribution is 2.31. The van der Waals surface area contributed by atoms with Gasteiger partial charge in [-0.15, -0.1) is 4.91 Å². The summed E-state index contributed by atoms with van der Waals surface area (Å²) in [5, 5.41) is 13.5. The van der Waals surface area contributed by atoms with Gasteiger partial charge < -0.3 is 5.11 Å². The third-order valence-corrected chi connectivity index (χ3v) is 1.84. The number of pyridine rings is 1. The van der Waals surface area contributed by atoms with Crippen LogP contribution < -0.4 is 0 Å². The van der Waals surface area contributed by atoms with Gasteiger partial charge in [0.25, 0.3) is 0 Å². The summed E-state index contributed by atoms with van der Waals surface area (Å²) >= 11 is 0. The van der Waals surface area contributed by atoms with E-state index in [1.807, 2.05) is 6.07 Å². The first-order valence-corrected chi connectivity index (χ1v) is 3.73. The van der Waals surface area contributed by atoms with E-state index in [0.717, 1.165) is 5.39 Å². The van der Waals surface area contributed by atoms with Crippen LogP contribution in [0.2, 0.25) is 0 Å². The van der Waals surface area contributed by atoms with Crippen LogP contribution in [0, 0.1) is 4.91 Å². The lowest BCUT2D eigenvalue weighted by Crippen LogP contribution is -1.78. The Kier molecular flexibility index (Phi) is 1.66. The molecular formula is C9H6N2O2. The molecule has 1 aromatic carbocycles. The molecule has 0 aliphatic rings. The summed E-state index contributed by atoms with van der Waals surface area (Å²) in [4.78, 5) is 13.9. The van der Waals surface area contributed by atoms with Gasteiger partial charge in [-0.1, -0.05) is 24.3 Å². The van der Waals surface area contributed by atoms with E-state index in [-0.39, 0.29) is 11.6 Å². The van der Waals surface area contributed by atoms with Crippen LogP contribution in [0.15, 0.2) is 35.6 Å². The molecule has 0 atom stereocenters. The Morgan fingerprint density at radius 1 is 1.31 bits per heavy atom. The monoisotopic (exact) mass is 174 g/mol. The van der Waals surface area contributed by atoms with E-state index >= 15 is 0 Å². The zero-order chi connectivity index (χ0) is 9.26. The molecule has 0 saturated carbocycles. The van der Waals surface area contributed by atoms with Crippen LogP contribution in [0.4, 0.5) is 5.82 Å². The zero-order valence-electron chi connectivity index (χ0n) is 6.64. The molecule has 2 rings (SSSR count). The fourth-order valence-electron chi connectivity index (χ4n) is 1.20. The maximum atomic E-state index is 10.2. The van der Waals surface area contributed by atoms with Crippen molar-refractivity contribution < 1.29 is 5.11 Å². The third-order valence-electron chi connectivity index (χ3n) is 1.84. The van der Waals surface area contributed by atoms with Gasteiger partial charge in [0.15, 0.2) is 5.75 Å². The molecule has 0 amide bonds. The number of aromatic hydroxyl groups is 1. The minimum absolute atomic E-state index is 0.159. The van der Waals surface area contributed by atoms with E-state index in [0.29, 0.717) is 5.39 Å². The molecule has 0 spiro atoms. The second kappa shape index (κ2) is 2.82. The lowest BCUT2D eigenvalue weighted by Gasteiger charge is -1.99. The van der Waals surface area contributed by atoms with Gasteiger partial charge in [0.1, 0.15) is 0 Å². The number of aromatic nitrogens is 1. The largest absolute Gasteiger partial charge is 0.504 e. The van der Waals surface area contributed by atoms with Crippen LogP contribution >= 0.6 is 0 Å². The number of benzene rings is 1. The Morgan fingerprint density at radius 3 is 2.85 bits per heavy atom. The number of hydrogen-bond acceptors (Lipinski definition) is 4. The minimum atomic E-state index is -0.168. The van der Waals surface area contributed by atoms with E-state index < -0.39 is 0 Å². The van der Waals surface area contributed by atoms with Crippen molar-refractivity contribution in [3.05, 3.63) is 35.4 Å². The molecule has 2 aromatic rings. The molecule has 0 bridgehead atoms. The number of rotatable bonds is 1. The Hall–Kier alpha value is -1.97. The van der Waals surface area contributed by atoms with Crippen LogP contribution in [0.25, 0.3) is 10.8 Å². The maximum Gasteiger partial charge on any atom is 0.239 e. The molecule has 1 aromatic heterocycles. The van der Waals surface area contributed by atoms with Gasteiger partial charge >= 0.3 is 0 Å². The maximum absolute atomic E-state index is 10.2. The number of nitrogens with zero attached hydrogens (tertiary/aromatic N) is 2. The van der Waals surface area contributed by atoms with Crippen molar-refractivity contribution in [2.45, 2.75) is 0 Å². The molecule has 13 heavy (non-hydrogen) atoms. The first kappa shape index (κ1) is 7.67. The van der Waals surface area contributed by atoms with Gasteiger partial charge in [-0.05, 0) is 5.18 Å². The second-order valence-corrected chi connectivity index (χ2v) is 2.61. The van der Waals surface area contributed by atoms with Crippen molar-refractivity contribution >= 4 is 16.6 Å². The Morgan fingerprint density at radius 2 is 2.08 bits per heavy atom. The third kappa shape index (κ3) is 1.12. The van der Waals surface area contributed by atoms with Crippen LogP contribution in [0.1, 0.15) is 0 Å². The summed E-state index contributed by atoms with van der Waals surface area (Å²) < 4.78 is 0. The summed E-state index contributed by atoms with van der Waals surface area (Å²) in [7, 11) is 0. The fourth-order valence-corrected chi connectivity index (χ4v) is 1.20. The molecule has 0 saturated heterocycles. The first-order valence-electron chi connectivity index (χ1n) is 3.73. The molecule has 4 heteroatoms. The average molecular weight is 174 g/mol. The molecule has 4 nitrogen and oxygen atoms in total. The van der Waals surface area contributed by atoms with Crippen molar-refractivity contribution in [2.75, 3.05) is 0 Å². The zero-order valence-corrected chi connectivity index (χ0v) is 6.64. The molecule has 1 heterocycles. The molecular weight excluding hydrogens is 168 g/mol. The molecule has 1 N–H and O–H groups in total. The Labute approximate surface area is 73.8 Å². The summed E-state index contributed by atoms with van der Waals surface area (Å²) in [5.74, 6) is -0.327. The molecule has 64 valence electrons. The second-order valence-electron chi connectivity index (χ2n) is 2.61. The van der Waals surface area contributed by atoms with Crippen LogP contribution in [0.3, 0.4) is 0 Å². The summed E-state index contributed by atoms with van der Waals surface area (Å²) in [6.07, 6.45) is 1.51. The van der Waals surface area contributed by atoms with Gasteiger partial charge in [-0.2, -0.15) is 0 Å². The SMILES string of the molecule is O=Nc1ncc2ccccc2c1O. The average Bonchev–Trinajstić information content (AvgIpc) is 2.19. The van der Waals surface area contributed by atoms with Gasteiger partial charge in [0.2, 0.25) is 5.82 Å². The van der Waals surface area contributed by atoms with Gasteiger partial charge in [0, 0.05) is 17.0 Å². The summed E-state index contributed by atoms with van der Waals surface area (Å²) in [6, 6.07) is 7.12. The Balaban J connectivity index is 2.86. The minimum Gasteiger partial charge on any atom is -0.504 e. The highest BCUT2D eigenvalue weighted by Gasteiger charge is 2.06. The van der Waals surface area contributed by atoms with Crippen molar-refractivity contribution in [3.8, 4) is 5.75 Å².